The van der Waals surface area contributed by atoms with E-state index in [0.717, 1.165) is 30.1 Å². The van der Waals surface area contributed by atoms with Gasteiger partial charge in [-0.3, -0.25) is 4.21 Å². The first kappa shape index (κ1) is 20.1. The van der Waals surface area contributed by atoms with E-state index in [2.05, 4.69) is 13.8 Å². The largest absolute Gasteiger partial charge is 0.454 e. The molecule has 3 radical (unpaired) electrons. The second-order valence-corrected chi connectivity index (χ2v) is 8.03. The van der Waals surface area contributed by atoms with Gasteiger partial charge in [0.15, 0.2) is 11.5 Å². The second-order valence-electron chi connectivity index (χ2n) is 6.05. The first-order valence-corrected chi connectivity index (χ1v) is 9.84. The van der Waals surface area contributed by atoms with E-state index in [4.69, 9.17) is 9.47 Å². The van der Waals surface area contributed by atoms with Crippen LogP contribution >= 0.6 is 0 Å². The molecule has 0 aromatic heterocycles. The normalized spacial score (nSPS) is 15.0. The molecule has 1 aliphatic rings. The molecular formula is C18H28BO3S. The molecule has 0 bridgehead atoms. The topological polar surface area (TPSA) is 35.5 Å². The van der Waals surface area contributed by atoms with Gasteiger partial charge in [-0.15, -0.1) is 0 Å². The molecule has 1 heterocycles. The molecule has 5 heteroatoms. The van der Waals surface area contributed by atoms with E-state index in [1.54, 1.807) is 0 Å². The van der Waals surface area contributed by atoms with Crippen LogP contribution in [0.4, 0.5) is 0 Å². The quantitative estimate of drug-likeness (QED) is 0.477. The second kappa shape index (κ2) is 10.7. The molecule has 23 heavy (non-hydrogen) atoms. The Morgan fingerprint density at radius 3 is 2.57 bits per heavy atom. The predicted octanol–water partition coefficient (Wildman–Crippen LogP) is 4.07. The summed E-state index contributed by atoms with van der Waals surface area (Å²) in [6, 6.07) is 6.01. The maximum atomic E-state index is 12.3. The highest BCUT2D eigenvalue weighted by Crippen LogP contribution is 2.33. The van der Waals surface area contributed by atoms with E-state index >= 15 is 0 Å². The van der Waals surface area contributed by atoms with Crippen molar-refractivity contribution in [2.75, 3.05) is 12.5 Å². The monoisotopic (exact) mass is 335 g/mol. The summed E-state index contributed by atoms with van der Waals surface area (Å²) in [5.74, 6) is 2.45. The predicted molar refractivity (Wildman–Crippen MR) is 97.9 cm³/mol. The van der Waals surface area contributed by atoms with E-state index in [9.17, 15) is 4.21 Å². The molecular weight excluding hydrogens is 307 g/mol. The Morgan fingerprint density at radius 1 is 1.09 bits per heavy atom. The van der Waals surface area contributed by atoms with Crippen LogP contribution in [0.15, 0.2) is 18.2 Å². The Bertz CT molecular complexity index is 493. The van der Waals surface area contributed by atoms with Crippen LogP contribution in [0.2, 0.25) is 0 Å². The molecule has 3 nitrogen and oxygen atoms in total. The van der Waals surface area contributed by atoms with Gasteiger partial charge in [-0.05, 0) is 30.5 Å². The number of fused-ring (bicyclic) bond motifs is 1. The third-order valence-corrected chi connectivity index (χ3v) is 5.86. The number of benzene rings is 1. The molecule has 2 unspecified atom stereocenters. The maximum Gasteiger partial charge on any atom is 0.231 e. The molecule has 0 aliphatic carbocycles. The summed E-state index contributed by atoms with van der Waals surface area (Å²) in [5.41, 5.74) is 1.17. The van der Waals surface area contributed by atoms with Gasteiger partial charge >= 0.3 is 0 Å². The van der Waals surface area contributed by atoms with Gasteiger partial charge in [-0.1, -0.05) is 52.0 Å². The number of ether oxygens (including phenoxy) is 2. The van der Waals surface area contributed by atoms with Crippen LogP contribution in [0.5, 0.6) is 11.5 Å². The molecule has 1 aromatic rings. The Kier molecular flexibility index (Phi) is 9.38. The van der Waals surface area contributed by atoms with Crippen LogP contribution in [0.25, 0.3) is 0 Å². The van der Waals surface area contributed by atoms with Gasteiger partial charge in [0.1, 0.15) is 0 Å². The van der Waals surface area contributed by atoms with Crippen molar-refractivity contribution in [2.45, 2.75) is 64.0 Å². The highest BCUT2D eigenvalue weighted by atomic mass is 32.2. The van der Waals surface area contributed by atoms with E-state index in [-0.39, 0.29) is 13.7 Å². The van der Waals surface area contributed by atoms with Crippen LogP contribution in [0.1, 0.15) is 57.9 Å². The van der Waals surface area contributed by atoms with Gasteiger partial charge in [0, 0.05) is 30.2 Å². The van der Waals surface area contributed by atoms with Crippen molar-refractivity contribution in [3.63, 3.8) is 0 Å². The Hall–Kier alpha value is -0.965. The molecule has 0 saturated heterocycles. The van der Waals surface area contributed by atoms with E-state index in [1.807, 2.05) is 18.2 Å². The van der Waals surface area contributed by atoms with Crippen LogP contribution in [0, 0.1) is 0 Å². The van der Waals surface area contributed by atoms with Gasteiger partial charge in [-0.2, -0.15) is 0 Å². The lowest BCUT2D eigenvalue weighted by Crippen LogP contribution is -2.16. The average Bonchev–Trinajstić information content (AvgIpc) is 2.98. The number of rotatable bonds is 10. The molecule has 0 amide bonds. The molecule has 0 fully saturated rings. The Labute approximate surface area is 145 Å². The highest BCUT2D eigenvalue weighted by molar-refractivity contribution is 7.85. The van der Waals surface area contributed by atoms with Crippen molar-refractivity contribution in [3.8, 4) is 11.5 Å². The fourth-order valence-electron chi connectivity index (χ4n) is 2.72. The van der Waals surface area contributed by atoms with Crippen LogP contribution in [-0.2, 0) is 17.2 Å². The first-order chi connectivity index (χ1) is 10.7. The summed E-state index contributed by atoms with van der Waals surface area (Å²) in [6.07, 6.45) is 8.32. The van der Waals surface area contributed by atoms with Crippen molar-refractivity contribution in [1.82, 2.24) is 0 Å². The zero-order valence-electron chi connectivity index (χ0n) is 14.4. The van der Waals surface area contributed by atoms with Crippen molar-refractivity contribution >= 4 is 19.2 Å². The van der Waals surface area contributed by atoms with Gasteiger partial charge in [0.25, 0.3) is 0 Å². The molecule has 2 rings (SSSR count). The zero-order valence-corrected chi connectivity index (χ0v) is 15.2. The van der Waals surface area contributed by atoms with E-state index in [1.165, 1.54) is 37.7 Å². The van der Waals surface area contributed by atoms with Crippen LogP contribution in [0.3, 0.4) is 0 Å². The summed E-state index contributed by atoms with van der Waals surface area (Å²) in [6.45, 7) is 4.61. The maximum absolute atomic E-state index is 12.3. The molecule has 1 aromatic carbocycles. The summed E-state index contributed by atoms with van der Waals surface area (Å²) in [5, 5.41) is 0.191. The van der Waals surface area contributed by atoms with Crippen LogP contribution in [-0.4, -0.2) is 30.4 Å². The summed E-state index contributed by atoms with van der Waals surface area (Å²) in [7, 11) is -0.743. The lowest BCUT2D eigenvalue weighted by Gasteiger charge is -2.12. The fourth-order valence-corrected chi connectivity index (χ4v) is 3.99. The van der Waals surface area contributed by atoms with Gasteiger partial charge < -0.3 is 9.47 Å². The van der Waals surface area contributed by atoms with E-state index < -0.39 is 10.8 Å². The lowest BCUT2D eigenvalue weighted by atomic mass is 10.1. The van der Waals surface area contributed by atoms with Crippen LogP contribution < -0.4 is 9.47 Å². The molecule has 127 valence electrons. The minimum Gasteiger partial charge on any atom is -0.454 e. The Morgan fingerprint density at radius 2 is 1.78 bits per heavy atom. The first-order valence-electron chi connectivity index (χ1n) is 8.46. The SMILES string of the molecule is CCCCCCCCS(=O)C(C)Cc1ccc2c(c1)OCO2.[B]. The number of unbranched alkanes of at least 4 members (excludes halogenated alkanes) is 5. The number of hydrogen-bond acceptors (Lipinski definition) is 3. The highest BCUT2D eigenvalue weighted by Gasteiger charge is 2.16. The fraction of sp³-hybridized carbons (Fsp3) is 0.667. The molecule has 0 spiro atoms. The standard InChI is InChI=1S/C18H28O3S.B/c1-3-4-5-6-7-8-11-22(19)15(2)12-16-9-10-17-18(13-16)21-14-20-17;/h9-10,13,15H,3-8,11-12,14H2,1-2H3;. The lowest BCUT2D eigenvalue weighted by molar-refractivity contribution is 0.174. The third-order valence-electron chi connectivity index (χ3n) is 4.11. The number of hydrogen-bond donors (Lipinski definition) is 0. The van der Waals surface area contributed by atoms with Crippen molar-refractivity contribution in [1.29, 1.82) is 0 Å². The van der Waals surface area contributed by atoms with Gasteiger partial charge in [0.05, 0.1) is 0 Å². The minimum absolute atomic E-state index is 0. The average molecular weight is 335 g/mol. The Balaban J connectivity index is 0.00000264. The molecule has 1 aliphatic heterocycles. The minimum atomic E-state index is -0.743. The molecule has 2 atom stereocenters. The van der Waals surface area contributed by atoms with Gasteiger partial charge in [-0.25, -0.2) is 0 Å². The van der Waals surface area contributed by atoms with Gasteiger partial charge in [0.2, 0.25) is 6.79 Å². The van der Waals surface area contributed by atoms with Crippen molar-refractivity contribution < 1.29 is 13.7 Å². The van der Waals surface area contributed by atoms with E-state index in [0.29, 0.717) is 6.79 Å². The third kappa shape index (κ3) is 6.58. The van der Waals surface area contributed by atoms with Crippen molar-refractivity contribution in [2.24, 2.45) is 0 Å². The summed E-state index contributed by atoms with van der Waals surface area (Å²) in [4.78, 5) is 0. The summed E-state index contributed by atoms with van der Waals surface area (Å²) < 4.78 is 23.0. The smallest absolute Gasteiger partial charge is 0.231 e. The molecule has 0 saturated carbocycles. The zero-order chi connectivity index (χ0) is 15.8. The summed E-state index contributed by atoms with van der Waals surface area (Å²) >= 11 is 0. The molecule has 0 N–H and O–H groups in total. The van der Waals surface area contributed by atoms with Crippen molar-refractivity contribution in [3.05, 3.63) is 23.8 Å².